The van der Waals surface area contributed by atoms with E-state index in [4.69, 9.17) is 9.47 Å². The molecule has 0 saturated heterocycles. The number of methoxy groups -OCH3 is 1. The zero-order valence-corrected chi connectivity index (χ0v) is 19.0. The highest BCUT2D eigenvalue weighted by Crippen LogP contribution is 2.27. The predicted octanol–water partition coefficient (Wildman–Crippen LogP) is 5.95. The molecule has 1 amide bonds. The Morgan fingerprint density at radius 3 is 2.66 bits per heavy atom. The van der Waals surface area contributed by atoms with Gasteiger partial charge in [0.2, 0.25) is 0 Å². The number of nitrogens with zero attached hydrogens (tertiary/aromatic N) is 1. The number of rotatable bonds is 7. The van der Waals surface area contributed by atoms with Crippen molar-refractivity contribution in [2.45, 2.75) is 6.61 Å². The van der Waals surface area contributed by atoms with Crippen molar-refractivity contribution in [2.75, 3.05) is 7.11 Å². The topological polar surface area (TPSA) is 59.9 Å². The van der Waals surface area contributed by atoms with Crippen molar-refractivity contribution in [3.05, 3.63) is 106 Å². The van der Waals surface area contributed by atoms with Crippen molar-refractivity contribution in [1.29, 1.82) is 0 Å². The zero-order valence-electron chi connectivity index (χ0n) is 17.4. The Hall–Kier alpha value is -3.64. The van der Waals surface area contributed by atoms with E-state index in [2.05, 4.69) is 50.7 Å². The van der Waals surface area contributed by atoms with E-state index in [0.29, 0.717) is 17.9 Å². The average molecular weight is 489 g/mol. The molecule has 0 saturated carbocycles. The second-order valence-corrected chi connectivity index (χ2v) is 7.90. The molecule has 0 bridgehead atoms. The summed E-state index contributed by atoms with van der Waals surface area (Å²) in [4.78, 5) is 12.2. The molecule has 32 heavy (non-hydrogen) atoms. The van der Waals surface area contributed by atoms with Gasteiger partial charge in [-0.15, -0.1) is 0 Å². The smallest absolute Gasteiger partial charge is 0.271 e. The Balaban J connectivity index is 1.39. The van der Waals surface area contributed by atoms with Gasteiger partial charge in [0.1, 0.15) is 18.1 Å². The normalized spacial score (nSPS) is 10.9. The molecule has 4 aromatic rings. The van der Waals surface area contributed by atoms with Crippen molar-refractivity contribution < 1.29 is 14.3 Å². The number of nitrogens with one attached hydrogen (secondary N) is 1. The van der Waals surface area contributed by atoms with E-state index in [1.807, 2.05) is 36.4 Å². The maximum atomic E-state index is 12.2. The summed E-state index contributed by atoms with van der Waals surface area (Å²) >= 11 is 3.56. The summed E-state index contributed by atoms with van der Waals surface area (Å²) in [5.74, 6) is 1.04. The molecule has 0 radical (unpaired) electrons. The molecule has 0 atom stereocenters. The van der Waals surface area contributed by atoms with Crippen LogP contribution in [0.4, 0.5) is 0 Å². The lowest BCUT2D eigenvalue weighted by molar-refractivity contribution is 0.0955. The Morgan fingerprint density at radius 1 is 1.00 bits per heavy atom. The highest BCUT2D eigenvalue weighted by atomic mass is 79.9. The fraction of sp³-hybridized carbons (Fsp3) is 0.0769. The maximum absolute atomic E-state index is 12.2. The van der Waals surface area contributed by atoms with Crippen LogP contribution < -0.4 is 14.9 Å². The number of ether oxygens (including phenoxy) is 2. The summed E-state index contributed by atoms with van der Waals surface area (Å²) in [6, 6.07) is 27.0. The van der Waals surface area contributed by atoms with Gasteiger partial charge < -0.3 is 9.47 Å². The van der Waals surface area contributed by atoms with Gasteiger partial charge in [0, 0.05) is 5.56 Å². The number of hydrogen-bond donors (Lipinski definition) is 1. The standard InChI is InChI=1S/C26H21BrN2O3/c1-31-22-10-5-8-20(15-22)26(30)29-28-16-18-12-13-25(24(27)14-18)32-17-21-9-4-7-19-6-2-3-11-23(19)21/h2-16H,17H2,1H3,(H,29,30). The Kier molecular flexibility index (Phi) is 6.82. The van der Waals surface area contributed by atoms with E-state index in [1.54, 1.807) is 37.6 Å². The van der Waals surface area contributed by atoms with Crippen molar-refractivity contribution in [3.8, 4) is 11.5 Å². The van der Waals surface area contributed by atoms with Crippen LogP contribution >= 0.6 is 15.9 Å². The number of carbonyl (C=O) groups excluding carboxylic acids is 1. The zero-order chi connectivity index (χ0) is 22.3. The van der Waals surface area contributed by atoms with E-state index >= 15 is 0 Å². The molecule has 6 heteroatoms. The average Bonchev–Trinajstić information content (AvgIpc) is 2.83. The third-order valence-corrected chi connectivity index (χ3v) is 5.55. The SMILES string of the molecule is COc1cccc(C(=O)NN=Cc2ccc(OCc3cccc4ccccc34)c(Br)c2)c1. The molecular formula is C26H21BrN2O3. The first kappa shape index (κ1) is 21.6. The summed E-state index contributed by atoms with van der Waals surface area (Å²) in [6.45, 7) is 0.462. The van der Waals surface area contributed by atoms with Gasteiger partial charge in [0.25, 0.3) is 5.91 Å². The number of hydrazone groups is 1. The second kappa shape index (κ2) is 10.1. The molecule has 4 aromatic carbocycles. The van der Waals surface area contributed by atoms with Gasteiger partial charge in [-0.2, -0.15) is 5.10 Å². The van der Waals surface area contributed by atoms with Crippen LogP contribution in [-0.4, -0.2) is 19.2 Å². The summed E-state index contributed by atoms with van der Waals surface area (Å²) in [5, 5.41) is 6.42. The Labute approximate surface area is 194 Å². The highest BCUT2D eigenvalue weighted by molar-refractivity contribution is 9.10. The number of fused-ring (bicyclic) bond motifs is 1. The largest absolute Gasteiger partial charge is 0.497 e. The molecule has 0 aliphatic carbocycles. The summed E-state index contributed by atoms with van der Waals surface area (Å²) in [7, 11) is 1.56. The minimum absolute atomic E-state index is 0.311. The second-order valence-electron chi connectivity index (χ2n) is 7.05. The van der Waals surface area contributed by atoms with Gasteiger partial charge >= 0.3 is 0 Å². The van der Waals surface area contributed by atoms with Crippen LogP contribution in [0, 0.1) is 0 Å². The molecule has 0 aliphatic rings. The van der Waals surface area contributed by atoms with Crippen molar-refractivity contribution in [2.24, 2.45) is 5.10 Å². The summed E-state index contributed by atoms with van der Waals surface area (Å²) < 4.78 is 12.0. The third kappa shape index (κ3) is 5.15. The van der Waals surface area contributed by atoms with Crippen molar-refractivity contribution in [1.82, 2.24) is 5.43 Å². The fourth-order valence-electron chi connectivity index (χ4n) is 3.28. The lowest BCUT2D eigenvalue weighted by Crippen LogP contribution is -2.17. The number of halogens is 1. The lowest BCUT2D eigenvalue weighted by atomic mass is 10.1. The predicted molar refractivity (Wildman–Crippen MR) is 130 cm³/mol. The lowest BCUT2D eigenvalue weighted by Gasteiger charge is -2.11. The Bertz CT molecular complexity index is 1280. The van der Waals surface area contributed by atoms with Gasteiger partial charge in [-0.05, 0) is 74.2 Å². The third-order valence-electron chi connectivity index (χ3n) is 4.93. The van der Waals surface area contributed by atoms with Crippen LogP contribution in [0.15, 0.2) is 94.5 Å². The van der Waals surface area contributed by atoms with Crippen LogP contribution in [0.2, 0.25) is 0 Å². The Morgan fingerprint density at radius 2 is 1.81 bits per heavy atom. The number of benzene rings is 4. The van der Waals surface area contributed by atoms with Crippen LogP contribution in [-0.2, 0) is 6.61 Å². The fourth-order valence-corrected chi connectivity index (χ4v) is 3.79. The van der Waals surface area contributed by atoms with E-state index in [1.165, 1.54) is 10.8 Å². The molecular weight excluding hydrogens is 468 g/mol. The van der Waals surface area contributed by atoms with Gasteiger partial charge in [0.05, 0.1) is 17.8 Å². The molecule has 0 aliphatic heterocycles. The first-order chi connectivity index (χ1) is 15.6. The van der Waals surface area contributed by atoms with Crippen LogP contribution in [0.3, 0.4) is 0 Å². The summed E-state index contributed by atoms with van der Waals surface area (Å²) in [5.41, 5.74) is 4.94. The minimum atomic E-state index is -0.311. The van der Waals surface area contributed by atoms with E-state index < -0.39 is 0 Å². The quantitative estimate of drug-likeness (QED) is 0.258. The van der Waals surface area contributed by atoms with Crippen LogP contribution in [0.25, 0.3) is 10.8 Å². The molecule has 0 fully saturated rings. The van der Waals surface area contributed by atoms with Crippen molar-refractivity contribution >= 4 is 38.8 Å². The molecule has 0 unspecified atom stereocenters. The molecule has 0 heterocycles. The number of amides is 1. The van der Waals surface area contributed by atoms with E-state index in [9.17, 15) is 4.79 Å². The molecule has 1 N–H and O–H groups in total. The monoisotopic (exact) mass is 488 g/mol. The maximum Gasteiger partial charge on any atom is 0.271 e. The van der Waals surface area contributed by atoms with Gasteiger partial charge in [-0.3, -0.25) is 4.79 Å². The van der Waals surface area contributed by atoms with Crippen LogP contribution in [0.5, 0.6) is 11.5 Å². The van der Waals surface area contributed by atoms with E-state index in [0.717, 1.165) is 21.3 Å². The highest BCUT2D eigenvalue weighted by Gasteiger charge is 2.07. The van der Waals surface area contributed by atoms with Gasteiger partial charge in [-0.25, -0.2) is 5.43 Å². The van der Waals surface area contributed by atoms with E-state index in [-0.39, 0.29) is 5.91 Å². The molecule has 0 spiro atoms. The number of hydrogen-bond acceptors (Lipinski definition) is 4. The minimum Gasteiger partial charge on any atom is -0.497 e. The van der Waals surface area contributed by atoms with Crippen molar-refractivity contribution in [3.63, 3.8) is 0 Å². The molecule has 5 nitrogen and oxygen atoms in total. The number of carbonyl (C=O) groups is 1. The molecule has 4 rings (SSSR count). The van der Waals surface area contributed by atoms with Crippen LogP contribution in [0.1, 0.15) is 21.5 Å². The first-order valence-corrected chi connectivity index (χ1v) is 10.8. The molecule has 0 aromatic heterocycles. The first-order valence-electron chi connectivity index (χ1n) is 10.0. The molecule has 160 valence electrons. The summed E-state index contributed by atoms with van der Waals surface area (Å²) in [6.07, 6.45) is 1.58. The van der Waals surface area contributed by atoms with Gasteiger partial charge in [0.15, 0.2) is 0 Å². The van der Waals surface area contributed by atoms with Gasteiger partial charge in [-0.1, -0.05) is 48.5 Å².